The maximum Gasteiger partial charge on any atom is 0.219 e. The molecule has 3 aromatic rings. The highest BCUT2D eigenvalue weighted by molar-refractivity contribution is 5.74. The van der Waals surface area contributed by atoms with Gasteiger partial charge in [0.05, 0.1) is 12.1 Å². The van der Waals surface area contributed by atoms with Crippen molar-refractivity contribution >= 4 is 11.8 Å². The van der Waals surface area contributed by atoms with Crippen molar-refractivity contribution in [3.63, 3.8) is 0 Å². The van der Waals surface area contributed by atoms with Gasteiger partial charge >= 0.3 is 0 Å². The van der Waals surface area contributed by atoms with E-state index in [4.69, 9.17) is 0 Å². The Morgan fingerprint density at radius 1 is 0.889 bits per heavy atom. The van der Waals surface area contributed by atoms with Crippen molar-refractivity contribution in [2.45, 2.75) is 32.9 Å². The van der Waals surface area contributed by atoms with Crippen LogP contribution in [0.5, 0.6) is 0 Å². The summed E-state index contributed by atoms with van der Waals surface area (Å²) in [5.74, 6) is 0.0772. The topological polar surface area (TPSA) is 89.3 Å². The lowest BCUT2D eigenvalue weighted by molar-refractivity contribution is -0.130. The van der Waals surface area contributed by atoms with E-state index in [9.17, 15) is 14.9 Å². The number of hydrogen-bond donors (Lipinski definition) is 1. The van der Waals surface area contributed by atoms with Crippen molar-refractivity contribution in [2.75, 3.05) is 26.2 Å². The number of hydrogen-bond acceptors (Lipinski definition) is 5. The first-order valence-corrected chi connectivity index (χ1v) is 12.1. The molecule has 0 saturated carbocycles. The van der Waals surface area contributed by atoms with Crippen LogP contribution in [0.4, 0.5) is 0 Å². The molecule has 1 fully saturated rings. The summed E-state index contributed by atoms with van der Waals surface area (Å²) >= 11 is 0. The summed E-state index contributed by atoms with van der Waals surface area (Å²) in [4.78, 5) is 30.8. The SMILES string of the molecule is CC(=O)N1CCN(C(C#N)c2cccnc2C)CC1.CC(=O)NC(c1ccccc1)c1ccccc1. The second-order valence-corrected chi connectivity index (χ2v) is 8.71. The molecule has 1 atom stereocenters. The maximum absolute atomic E-state index is 11.3. The third-order valence-electron chi connectivity index (χ3n) is 6.20. The lowest BCUT2D eigenvalue weighted by atomic mass is 9.99. The number of carbonyl (C=O) groups is 2. The van der Waals surface area contributed by atoms with Gasteiger partial charge in [0.15, 0.2) is 0 Å². The van der Waals surface area contributed by atoms with Gasteiger partial charge in [-0.1, -0.05) is 66.7 Å². The number of benzene rings is 2. The Morgan fingerprint density at radius 3 is 1.89 bits per heavy atom. The van der Waals surface area contributed by atoms with E-state index in [1.54, 1.807) is 20.0 Å². The van der Waals surface area contributed by atoms with E-state index >= 15 is 0 Å². The van der Waals surface area contributed by atoms with Crippen LogP contribution in [-0.4, -0.2) is 52.8 Å². The molecule has 7 nitrogen and oxygen atoms in total. The largest absolute Gasteiger partial charge is 0.345 e. The van der Waals surface area contributed by atoms with Crippen LogP contribution in [0.1, 0.15) is 48.3 Å². The summed E-state index contributed by atoms with van der Waals surface area (Å²) < 4.78 is 0. The van der Waals surface area contributed by atoms with Gasteiger partial charge in [0.2, 0.25) is 11.8 Å². The number of piperazine rings is 1. The molecule has 186 valence electrons. The average molecular weight is 484 g/mol. The van der Waals surface area contributed by atoms with Crippen LogP contribution in [0.25, 0.3) is 0 Å². The predicted octanol–water partition coefficient (Wildman–Crippen LogP) is 4.03. The molecular formula is C29H33N5O2. The number of aromatic nitrogens is 1. The van der Waals surface area contributed by atoms with Gasteiger partial charge in [0.1, 0.15) is 6.04 Å². The van der Waals surface area contributed by atoms with E-state index in [1.165, 1.54) is 0 Å². The molecule has 2 amide bonds. The lowest BCUT2D eigenvalue weighted by Crippen LogP contribution is -2.49. The fraction of sp³-hybridized carbons (Fsp3) is 0.310. The van der Waals surface area contributed by atoms with Gasteiger partial charge < -0.3 is 10.2 Å². The summed E-state index contributed by atoms with van der Waals surface area (Å²) in [6.07, 6.45) is 1.74. The van der Waals surface area contributed by atoms with Crippen molar-refractivity contribution in [3.8, 4) is 6.07 Å². The highest BCUT2D eigenvalue weighted by Gasteiger charge is 2.26. The van der Waals surface area contributed by atoms with E-state index in [-0.39, 0.29) is 23.9 Å². The molecule has 1 saturated heterocycles. The summed E-state index contributed by atoms with van der Waals surface area (Å²) in [7, 11) is 0. The molecule has 1 aliphatic rings. The number of amides is 2. The molecule has 0 bridgehead atoms. The van der Waals surface area contributed by atoms with E-state index < -0.39 is 0 Å². The first-order chi connectivity index (χ1) is 17.4. The standard InChI is InChI=1S/C15H15NO.C14H18N4O/c1-12(17)16-15(13-8-4-2-5-9-13)14-10-6-3-7-11-14;1-11-13(4-3-5-16-11)14(10-15)18-8-6-17(7-9-18)12(2)19/h2-11,15H,1H3,(H,16,17);3-5,14H,6-9H2,1-2H3. The van der Waals surface area contributed by atoms with Gasteiger partial charge in [0.25, 0.3) is 0 Å². The summed E-state index contributed by atoms with van der Waals surface area (Å²) in [5.41, 5.74) is 4.03. The lowest BCUT2D eigenvalue weighted by Gasteiger charge is -2.36. The zero-order valence-electron chi connectivity index (χ0n) is 21.1. The normalized spacial score (nSPS) is 14.2. The minimum absolute atomic E-state index is 0.0253. The Morgan fingerprint density at radius 2 is 1.44 bits per heavy atom. The molecule has 1 N–H and O–H groups in total. The molecule has 0 spiro atoms. The van der Waals surface area contributed by atoms with Crippen LogP contribution in [0, 0.1) is 18.3 Å². The molecule has 36 heavy (non-hydrogen) atoms. The number of aryl methyl sites for hydroxylation is 1. The summed E-state index contributed by atoms with van der Waals surface area (Å²) in [6, 6.07) is 25.8. The maximum atomic E-state index is 11.3. The Balaban J connectivity index is 0.000000202. The molecule has 0 radical (unpaired) electrons. The van der Waals surface area contributed by atoms with Crippen LogP contribution >= 0.6 is 0 Å². The number of nitrogens with zero attached hydrogens (tertiary/aromatic N) is 4. The van der Waals surface area contributed by atoms with Gasteiger partial charge in [-0.3, -0.25) is 19.5 Å². The molecule has 1 aromatic heterocycles. The predicted molar refractivity (Wildman–Crippen MR) is 140 cm³/mol. The monoisotopic (exact) mass is 483 g/mol. The molecular weight excluding hydrogens is 450 g/mol. The molecule has 2 aromatic carbocycles. The van der Waals surface area contributed by atoms with Gasteiger partial charge in [-0.25, -0.2) is 0 Å². The van der Waals surface area contributed by atoms with Crippen LogP contribution in [0.2, 0.25) is 0 Å². The minimum atomic E-state index is -0.275. The molecule has 1 unspecified atom stereocenters. The zero-order valence-corrected chi connectivity index (χ0v) is 21.1. The Hall–Kier alpha value is -4.02. The molecule has 4 rings (SSSR count). The quantitative estimate of drug-likeness (QED) is 0.592. The first kappa shape index (κ1) is 26.6. The van der Waals surface area contributed by atoms with E-state index in [2.05, 4.69) is 21.3 Å². The highest BCUT2D eigenvalue weighted by Crippen LogP contribution is 2.23. The van der Waals surface area contributed by atoms with Gasteiger partial charge in [0, 0.05) is 57.5 Å². The van der Waals surface area contributed by atoms with Crippen molar-refractivity contribution < 1.29 is 9.59 Å². The van der Waals surface area contributed by atoms with Crippen LogP contribution in [-0.2, 0) is 9.59 Å². The molecule has 2 heterocycles. The van der Waals surface area contributed by atoms with E-state index in [0.717, 1.165) is 35.5 Å². The first-order valence-electron chi connectivity index (χ1n) is 12.1. The van der Waals surface area contributed by atoms with Gasteiger partial charge in [-0.05, 0) is 24.1 Å². The molecule has 7 heteroatoms. The smallest absolute Gasteiger partial charge is 0.219 e. The molecule has 1 aliphatic heterocycles. The van der Waals surface area contributed by atoms with Crippen molar-refractivity contribution in [1.82, 2.24) is 20.1 Å². The van der Waals surface area contributed by atoms with Crippen molar-refractivity contribution in [1.29, 1.82) is 5.26 Å². The van der Waals surface area contributed by atoms with Crippen LogP contribution in [0.15, 0.2) is 79.0 Å². The average Bonchev–Trinajstić information content (AvgIpc) is 2.90. The van der Waals surface area contributed by atoms with E-state index in [1.807, 2.05) is 84.6 Å². The van der Waals surface area contributed by atoms with Crippen LogP contribution < -0.4 is 5.32 Å². The fourth-order valence-corrected chi connectivity index (χ4v) is 4.28. The van der Waals surface area contributed by atoms with E-state index in [0.29, 0.717) is 13.1 Å². The third-order valence-corrected chi connectivity index (χ3v) is 6.20. The van der Waals surface area contributed by atoms with Crippen molar-refractivity contribution in [3.05, 3.63) is 101 Å². The van der Waals surface area contributed by atoms with Gasteiger partial charge in [-0.2, -0.15) is 5.26 Å². The van der Waals surface area contributed by atoms with Crippen LogP contribution in [0.3, 0.4) is 0 Å². The number of nitriles is 1. The number of nitrogens with one attached hydrogen (secondary N) is 1. The third kappa shape index (κ3) is 7.24. The summed E-state index contributed by atoms with van der Waals surface area (Å²) in [6.45, 7) is 7.88. The van der Waals surface area contributed by atoms with Gasteiger partial charge in [-0.15, -0.1) is 0 Å². The molecule has 0 aliphatic carbocycles. The fourth-order valence-electron chi connectivity index (χ4n) is 4.28. The number of pyridine rings is 1. The second kappa shape index (κ2) is 13.2. The summed E-state index contributed by atoms with van der Waals surface area (Å²) in [5, 5.41) is 12.4. The highest BCUT2D eigenvalue weighted by atomic mass is 16.2. The zero-order chi connectivity index (χ0) is 25.9. The Labute approximate surface area is 213 Å². The number of rotatable bonds is 5. The Kier molecular flexibility index (Phi) is 9.73. The second-order valence-electron chi connectivity index (χ2n) is 8.71. The van der Waals surface area contributed by atoms with Crippen molar-refractivity contribution in [2.24, 2.45) is 0 Å². The minimum Gasteiger partial charge on any atom is -0.345 e. The number of carbonyl (C=O) groups excluding carboxylic acids is 2. The Bertz CT molecular complexity index is 1130.